The van der Waals surface area contributed by atoms with Crippen molar-refractivity contribution in [2.24, 2.45) is 0 Å². The Morgan fingerprint density at radius 1 is 1.60 bits per heavy atom. The van der Waals surface area contributed by atoms with Crippen molar-refractivity contribution < 1.29 is 9.84 Å². The zero-order valence-corrected chi connectivity index (χ0v) is 6.71. The standard InChI is InChI=1S/C8H16O2/c1-3-5-8(6-7-9)10-4-2/h3,5,8-9H,4,6-7H2,1-2H3/b5-3+. The molecule has 0 aliphatic heterocycles. The molecule has 0 aromatic carbocycles. The van der Waals surface area contributed by atoms with E-state index in [-0.39, 0.29) is 12.7 Å². The van der Waals surface area contributed by atoms with Crippen molar-refractivity contribution in [1.82, 2.24) is 0 Å². The Morgan fingerprint density at radius 3 is 2.70 bits per heavy atom. The Morgan fingerprint density at radius 2 is 2.30 bits per heavy atom. The molecule has 2 nitrogen and oxygen atoms in total. The summed E-state index contributed by atoms with van der Waals surface area (Å²) in [7, 11) is 0. The van der Waals surface area contributed by atoms with Crippen LogP contribution >= 0.6 is 0 Å². The predicted octanol–water partition coefficient (Wildman–Crippen LogP) is 1.35. The Kier molecular flexibility index (Phi) is 6.55. The monoisotopic (exact) mass is 144 g/mol. The van der Waals surface area contributed by atoms with Gasteiger partial charge in [-0.3, -0.25) is 0 Å². The number of hydrogen-bond acceptors (Lipinski definition) is 2. The van der Waals surface area contributed by atoms with E-state index in [1.54, 1.807) is 0 Å². The normalized spacial score (nSPS) is 14.3. The van der Waals surface area contributed by atoms with E-state index >= 15 is 0 Å². The Labute approximate surface area is 62.5 Å². The van der Waals surface area contributed by atoms with Crippen molar-refractivity contribution >= 4 is 0 Å². The van der Waals surface area contributed by atoms with Crippen molar-refractivity contribution in [3.05, 3.63) is 12.2 Å². The summed E-state index contributed by atoms with van der Waals surface area (Å²) in [6, 6.07) is 0. The molecule has 60 valence electrons. The van der Waals surface area contributed by atoms with E-state index in [1.807, 2.05) is 26.0 Å². The maximum absolute atomic E-state index is 8.58. The van der Waals surface area contributed by atoms with Gasteiger partial charge in [0.05, 0.1) is 6.10 Å². The van der Waals surface area contributed by atoms with Gasteiger partial charge in [-0.2, -0.15) is 0 Å². The van der Waals surface area contributed by atoms with Crippen LogP contribution in [-0.4, -0.2) is 24.4 Å². The second kappa shape index (κ2) is 6.78. The highest BCUT2D eigenvalue weighted by molar-refractivity contribution is 4.86. The molecule has 1 unspecified atom stereocenters. The van der Waals surface area contributed by atoms with E-state index < -0.39 is 0 Å². The van der Waals surface area contributed by atoms with Crippen LogP contribution in [0.2, 0.25) is 0 Å². The van der Waals surface area contributed by atoms with Crippen LogP contribution in [0.5, 0.6) is 0 Å². The van der Waals surface area contributed by atoms with Crippen molar-refractivity contribution in [2.45, 2.75) is 26.4 Å². The average molecular weight is 144 g/mol. The highest BCUT2D eigenvalue weighted by Crippen LogP contribution is 1.98. The molecule has 1 atom stereocenters. The SMILES string of the molecule is C/C=C/C(CCO)OCC. The molecule has 0 saturated carbocycles. The van der Waals surface area contributed by atoms with E-state index in [9.17, 15) is 0 Å². The highest BCUT2D eigenvalue weighted by atomic mass is 16.5. The summed E-state index contributed by atoms with van der Waals surface area (Å²) >= 11 is 0. The Hall–Kier alpha value is -0.340. The van der Waals surface area contributed by atoms with Gasteiger partial charge in [-0.05, 0) is 13.8 Å². The van der Waals surface area contributed by atoms with Crippen LogP contribution in [0.25, 0.3) is 0 Å². The number of allylic oxidation sites excluding steroid dienone is 1. The predicted molar refractivity (Wildman–Crippen MR) is 41.9 cm³/mol. The van der Waals surface area contributed by atoms with Gasteiger partial charge in [-0.1, -0.05) is 12.2 Å². The molecular formula is C8H16O2. The first-order valence-corrected chi connectivity index (χ1v) is 3.70. The van der Waals surface area contributed by atoms with Gasteiger partial charge in [0.2, 0.25) is 0 Å². The average Bonchev–Trinajstić information content (AvgIpc) is 1.90. The first kappa shape index (κ1) is 9.66. The first-order valence-electron chi connectivity index (χ1n) is 3.70. The highest BCUT2D eigenvalue weighted by Gasteiger charge is 2.00. The minimum Gasteiger partial charge on any atom is -0.396 e. The smallest absolute Gasteiger partial charge is 0.0777 e. The number of ether oxygens (including phenoxy) is 1. The van der Waals surface area contributed by atoms with Crippen molar-refractivity contribution in [2.75, 3.05) is 13.2 Å². The second-order valence-electron chi connectivity index (χ2n) is 2.03. The van der Waals surface area contributed by atoms with Crippen LogP contribution < -0.4 is 0 Å². The van der Waals surface area contributed by atoms with Gasteiger partial charge in [0.25, 0.3) is 0 Å². The molecule has 10 heavy (non-hydrogen) atoms. The fraction of sp³-hybridized carbons (Fsp3) is 0.750. The van der Waals surface area contributed by atoms with Crippen LogP contribution in [0.3, 0.4) is 0 Å². The summed E-state index contributed by atoms with van der Waals surface area (Å²) in [6.07, 6.45) is 4.69. The zero-order valence-electron chi connectivity index (χ0n) is 6.71. The van der Waals surface area contributed by atoms with E-state index in [1.165, 1.54) is 0 Å². The van der Waals surface area contributed by atoms with E-state index in [0.29, 0.717) is 13.0 Å². The van der Waals surface area contributed by atoms with Crippen LogP contribution in [0, 0.1) is 0 Å². The van der Waals surface area contributed by atoms with Gasteiger partial charge in [0.1, 0.15) is 0 Å². The Bertz CT molecular complexity index is 83.3. The fourth-order valence-corrected chi connectivity index (χ4v) is 0.791. The van der Waals surface area contributed by atoms with E-state index in [2.05, 4.69) is 0 Å². The van der Waals surface area contributed by atoms with Gasteiger partial charge in [-0.25, -0.2) is 0 Å². The largest absolute Gasteiger partial charge is 0.396 e. The first-order chi connectivity index (χ1) is 4.85. The number of rotatable bonds is 5. The summed E-state index contributed by atoms with van der Waals surface area (Å²) in [5.74, 6) is 0. The molecule has 0 rings (SSSR count). The van der Waals surface area contributed by atoms with Crippen LogP contribution in [0.15, 0.2) is 12.2 Å². The van der Waals surface area contributed by atoms with Crippen LogP contribution in [0.1, 0.15) is 20.3 Å². The molecule has 0 saturated heterocycles. The molecule has 0 heterocycles. The Balaban J connectivity index is 3.50. The number of aliphatic hydroxyl groups is 1. The lowest BCUT2D eigenvalue weighted by molar-refractivity contribution is 0.0756. The third-order valence-electron chi connectivity index (χ3n) is 1.20. The summed E-state index contributed by atoms with van der Waals surface area (Å²) in [5, 5.41) is 8.58. The number of aliphatic hydroxyl groups excluding tert-OH is 1. The van der Waals surface area contributed by atoms with Gasteiger partial charge in [0, 0.05) is 19.6 Å². The molecule has 0 fully saturated rings. The molecule has 0 aromatic rings. The lowest BCUT2D eigenvalue weighted by Crippen LogP contribution is -2.11. The van der Waals surface area contributed by atoms with Gasteiger partial charge < -0.3 is 9.84 Å². The summed E-state index contributed by atoms with van der Waals surface area (Å²) in [5.41, 5.74) is 0. The lowest BCUT2D eigenvalue weighted by Gasteiger charge is -2.09. The third-order valence-corrected chi connectivity index (χ3v) is 1.20. The van der Waals surface area contributed by atoms with Gasteiger partial charge in [-0.15, -0.1) is 0 Å². The molecular weight excluding hydrogens is 128 g/mol. The van der Waals surface area contributed by atoms with Gasteiger partial charge >= 0.3 is 0 Å². The molecule has 0 aliphatic carbocycles. The number of hydrogen-bond donors (Lipinski definition) is 1. The molecule has 0 bridgehead atoms. The van der Waals surface area contributed by atoms with E-state index in [4.69, 9.17) is 9.84 Å². The van der Waals surface area contributed by atoms with Crippen LogP contribution in [-0.2, 0) is 4.74 Å². The topological polar surface area (TPSA) is 29.5 Å². The van der Waals surface area contributed by atoms with Crippen molar-refractivity contribution in [1.29, 1.82) is 0 Å². The molecule has 0 aromatic heterocycles. The van der Waals surface area contributed by atoms with Gasteiger partial charge in [0.15, 0.2) is 0 Å². The fourth-order valence-electron chi connectivity index (χ4n) is 0.791. The summed E-state index contributed by atoms with van der Waals surface area (Å²) < 4.78 is 5.28. The maximum atomic E-state index is 8.58. The minimum absolute atomic E-state index is 0.0972. The summed E-state index contributed by atoms with van der Waals surface area (Å²) in [6.45, 7) is 4.79. The van der Waals surface area contributed by atoms with E-state index in [0.717, 1.165) is 0 Å². The quantitative estimate of drug-likeness (QED) is 0.590. The molecule has 0 amide bonds. The molecule has 1 N–H and O–H groups in total. The zero-order chi connectivity index (χ0) is 7.82. The summed E-state index contributed by atoms with van der Waals surface area (Å²) in [4.78, 5) is 0. The molecule has 2 heteroatoms. The third kappa shape index (κ3) is 4.53. The second-order valence-corrected chi connectivity index (χ2v) is 2.03. The minimum atomic E-state index is 0.0972. The van der Waals surface area contributed by atoms with Crippen molar-refractivity contribution in [3.63, 3.8) is 0 Å². The molecule has 0 spiro atoms. The van der Waals surface area contributed by atoms with Crippen LogP contribution in [0.4, 0.5) is 0 Å². The lowest BCUT2D eigenvalue weighted by atomic mass is 10.2. The molecule has 0 radical (unpaired) electrons. The van der Waals surface area contributed by atoms with Crippen molar-refractivity contribution in [3.8, 4) is 0 Å². The molecule has 0 aliphatic rings. The maximum Gasteiger partial charge on any atom is 0.0777 e.